The van der Waals surface area contributed by atoms with E-state index in [9.17, 15) is 9.18 Å². The summed E-state index contributed by atoms with van der Waals surface area (Å²) in [6.07, 6.45) is 0. The van der Waals surface area contributed by atoms with Crippen LogP contribution < -0.4 is 0 Å². The second-order valence-corrected chi connectivity index (χ2v) is 3.00. The molecule has 2 rings (SSSR count). The number of carboxylic acid groups (broad SMARTS) is 1. The highest BCUT2D eigenvalue weighted by Crippen LogP contribution is 2.19. The van der Waals surface area contributed by atoms with E-state index in [2.05, 4.69) is 10.3 Å². The van der Waals surface area contributed by atoms with Crippen LogP contribution in [0, 0.1) is 5.82 Å². The van der Waals surface area contributed by atoms with E-state index in [-0.39, 0.29) is 11.1 Å². The molecule has 1 aromatic heterocycles. The molecule has 5 nitrogen and oxygen atoms in total. The molecular weight excluding hydrogens is 201 g/mol. The van der Waals surface area contributed by atoms with Crippen molar-refractivity contribution in [1.82, 2.24) is 15.0 Å². The van der Waals surface area contributed by atoms with Crippen molar-refractivity contribution in [2.24, 2.45) is 0 Å². The van der Waals surface area contributed by atoms with E-state index in [0.29, 0.717) is 12.1 Å². The van der Waals surface area contributed by atoms with Gasteiger partial charge < -0.3 is 5.11 Å². The predicted octanol–water partition coefficient (Wildman–Crippen LogP) is 1.29. The molecule has 0 aliphatic heterocycles. The Bertz CT molecular complexity index is 535. The van der Waals surface area contributed by atoms with Crippen LogP contribution in [0.2, 0.25) is 0 Å². The lowest BCUT2D eigenvalue weighted by Crippen LogP contribution is -2.06. The van der Waals surface area contributed by atoms with Gasteiger partial charge in [-0.25, -0.2) is 13.9 Å². The fraction of sp³-hybridized carbons (Fsp3) is 0.222. The van der Waals surface area contributed by atoms with Crippen molar-refractivity contribution < 1.29 is 14.3 Å². The van der Waals surface area contributed by atoms with Gasteiger partial charge in [0.05, 0.1) is 0 Å². The number of nitrogens with zero attached hydrogens (tertiary/aromatic N) is 3. The van der Waals surface area contributed by atoms with Crippen molar-refractivity contribution in [1.29, 1.82) is 0 Å². The van der Waals surface area contributed by atoms with Gasteiger partial charge in [0, 0.05) is 6.54 Å². The predicted molar refractivity (Wildman–Crippen MR) is 50.1 cm³/mol. The molecule has 0 bridgehead atoms. The third-order valence-electron chi connectivity index (χ3n) is 2.14. The quantitative estimate of drug-likeness (QED) is 0.809. The van der Waals surface area contributed by atoms with Gasteiger partial charge in [-0.15, -0.1) is 5.10 Å². The van der Waals surface area contributed by atoms with Crippen molar-refractivity contribution in [3.63, 3.8) is 0 Å². The standard InChI is InChI=1S/C9H8FN3O2/c1-2-13-8-6(11-12-13)4-3-5(10)7(8)9(14)15/h3-4H,2H2,1H3,(H,14,15). The summed E-state index contributed by atoms with van der Waals surface area (Å²) in [4.78, 5) is 10.9. The minimum absolute atomic E-state index is 0.227. The lowest BCUT2D eigenvalue weighted by atomic mass is 10.1. The van der Waals surface area contributed by atoms with Gasteiger partial charge in [0.15, 0.2) is 0 Å². The maximum Gasteiger partial charge on any atom is 0.340 e. The van der Waals surface area contributed by atoms with E-state index in [1.807, 2.05) is 0 Å². The minimum Gasteiger partial charge on any atom is -0.478 e. The number of aromatic carboxylic acids is 1. The first-order valence-electron chi connectivity index (χ1n) is 4.40. The molecule has 0 aliphatic rings. The monoisotopic (exact) mass is 209 g/mol. The first-order chi connectivity index (χ1) is 7.15. The van der Waals surface area contributed by atoms with Gasteiger partial charge in [-0.3, -0.25) is 0 Å². The largest absolute Gasteiger partial charge is 0.478 e. The van der Waals surface area contributed by atoms with E-state index in [1.165, 1.54) is 10.7 Å². The van der Waals surface area contributed by atoms with E-state index in [1.54, 1.807) is 6.92 Å². The zero-order chi connectivity index (χ0) is 11.0. The van der Waals surface area contributed by atoms with Crippen LogP contribution in [0.3, 0.4) is 0 Å². The molecule has 1 N–H and O–H groups in total. The van der Waals surface area contributed by atoms with Crippen molar-refractivity contribution in [3.8, 4) is 0 Å². The molecule has 78 valence electrons. The van der Waals surface area contributed by atoms with Gasteiger partial charge in [-0.05, 0) is 19.1 Å². The smallest absolute Gasteiger partial charge is 0.340 e. The summed E-state index contributed by atoms with van der Waals surface area (Å²) in [5.74, 6) is -2.08. The fourth-order valence-electron chi connectivity index (χ4n) is 1.47. The van der Waals surface area contributed by atoms with Crippen molar-refractivity contribution >= 4 is 17.0 Å². The summed E-state index contributed by atoms with van der Waals surface area (Å²) in [5.41, 5.74) is 0.236. The summed E-state index contributed by atoms with van der Waals surface area (Å²) in [7, 11) is 0. The average molecular weight is 209 g/mol. The number of aromatic nitrogens is 3. The minimum atomic E-state index is -1.31. The first kappa shape index (κ1) is 9.57. The number of halogens is 1. The summed E-state index contributed by atoms with van der Waals surface area (Å²) >= 11 is 0. The molecule has 0 radical (unpaired) electrons. The Kier molecular flexibility index (Phi) is 2.11. The highest BCUT2D eigenvalue weighted by Gasteiger charge is 2.19. The molecule has 1 heterocycles. The number of fused-ring (bicyclic) bond motifs is 1. The number of carboxylic acids is 1. The highest BCUT2D eigenvalue weighted by atomic mass is 19.1. The van der Waals surface area contributed by atoms with Gasteiger partial charge in [0.1, 0.15) is 22.4 Å². The molecule has 0 saturated carbocycles. The lowest BCUT2D eigenvalue weighted by Gasteiger charge is -2.01. The number of hydrogen-bond acceptors (Lipinski definition) is 3. The Labute approximate surface area is 84.1 Å². The van der Waals surface area contributed by atoms with Gasteiger partial charge in [-0.2, -0.15) is 0 Å². The zero-order valence-electron chi connectivity index (χ0n) is 7.94. The Balaban J connectivity index is 2.89. The molecule has 2 aromatic rings. The summed E-state index contributed by atoms with van der Waals surface area (Å²) < 4.78 is 14.7. The van der Waals surface area contributed by atoms with Crippen LogP contribution in [-0.4, -0.2) is 26.1 Å². The van der Waals surface area contributed by atoms with E-state index in [4.69, 9.17) is 5.11 Å². The summed E-state index contributed by atoms with van der Waals surface area (Å²) in [6, 6.07) is 2.50. The van der Waals surface area contributed by atoms with Gasteiger partial charge in [0.2, 0.25) is 0 Å². The maximum atomic E-state index is 13.3. The topological polar surface area (TPSA) is 68.0 Å². The number of benzene rings is 1. The van der Waals surface area contributed by atoms with Crippen LogP contribution in [0.15, 0.2) is 12.1 Å². The van der Waals surface area contributed by atoms with Gasteiger partial charge in [-0.1, -0.05) is 5.21 Å². The molecule has 0 saturated heterocycles. The van der Waals surface area contributed by atoms with Crippen LogP contribution in [-0.2, 0) is 6.54 Å². The molecule has 0 atom stereocenters. The molecular formula is C9H8FN3O2. The number of rotatable bonds is 2. The second-order valence-electron chi connectivity index (χ2n) is 3.00. The van der Waals surface area contributed by atoms with E-state index < -0.39 is 11.8 Å². The molecule has 0 aliphatic carbocycles. The molecule has 0 spiro atoms. The Morgan fingerprint density at radius 2 is 2.33 bits per heavy atom. The van der Waals surface area contributed by atoms with Crippen LogP contribution >= 0.6 is 0 Å². The summed E-state index contributed by atoms with van der Waals surface area (Å²) in [5, 5.41) is 16.4. The Morgan fingerprint density at radius 1 is 1.60 bits per heavy atom. The molecule has 0 unspecified atom stereocenters. The second kappa shape index (κ2) is 3.30. The van der Waals surface area contributed by atoms with Gasteiger partial charge >= 0.3 is 5.97 Å². The molecule has 0 amide bonds. The van der Waals surface area contributed by atoms with E-state index in [0.717, 1.165) is 6.07 Å². The highest BCUT2D eigenvalue weighted by molar-refractivity contribution is 6.01. The third kappa shape index (κ3) is 1.34. The summed E-state index contributed by atoms with van der Waals surface area (Å²) in [6.45, 7) is 2.23. The molecule has 15 heavy (non-hydrogen) atoms. The average Bonchev–Trinajstić information content (AvgIpc) is 2.59. The van der Waals surface area contributed by atoms with E-state index >= 15 is 0 Å². The number of carbonyl (C=O) groups is 1. The van der Waals surface area contributed by atoms with Crippen LogP contribution in [0.4, 0.5) is 4.39 Å². The fourth-order valence-corrected chi connectivity index (χ4v) is 1.47. The van der Waals surface area contributed by atoms with Crippen LogP contribution in [0.5, 0.6) is 0 Å². The van der Waals surface area contributed by atoms with Crippen LogP contribution in [0.1, 0.15) is 17.3 Å². The SMILES string of the molecule is CCn1nnc2ccc(F)c(C(=O)O)c21. The van der Waals surface area contributed by atoms with Crippen molar-refractivity contribution in [2.75, 3.05) is 0 Å². The first-order valence-corrected chi connectivity index (χ1v) is 4.40. The Hall–Kier alpha value is -1.98. The third-order valence-corrected chi connectivity index (χ3v) is 2.14. The van der Waals surface area contributed by atoms with Crippen LogP contribution in [0.25, 0.3) is 11.0 Å². The lowest BCUT2D eigenvalue weighted by molar-refractivity contribution is 0.0693. The molecule has 1 aromatic carbocycles. The van der Waals surface area contributed by atoms with Gasteiger partial charge in [0.25, 0.3) is 0 Å². The molecule has 6 heteroatoms. The number of hydrogen-bond donors (Lipinski definition) is 1. The van der Waals surface area contributed by atoms with Crippen molar-refractivity contribution in [3.05, 3.63) is 23.5 Å². The maximum absolute atomic E-state index is 13.3. The normalized spacial score (nSPS) is 10.8. The molecule has 0 fully saturated rings. The van der Waals surface area contributed by atoms with Crippen molar-refractivity contribution in [2.45, 2.75) is 13.5 Å². The number of aryl methyl sites for hydroxylation is 1. The zero-order valence-corrected chi connectivity index (χ0v) is 7.94. The Morgan fingerprint density at radius 3 is 2.93 bits per heavy atom.